The topological polar surface area (TPSA) is 83.7 Å². The van der Waals surface area contributed by atoms with Crippen molar-refractivity contribution in [3.8, 4) is 0 Å². The Hall–Kier alpha value is -1.60. The highest BCUT2D eigenvalue weighted by Crippen LogP contribution is 2.19. The van der Waals surface area contributed by atoms with Gasteiger partial charge in [0.15, 0.2) is 5.96 Å². The molecule has 0 aliphatic carbocycles. The van der Waals surface area contributed by atoms with Crippen molar-refractivity contribution in [2.45, 2.75) is 71.3 Å². The molecule has 3 N–H and O–H groups in total. The number of ether oxygens (including phenoxy) is 1. The lowest BCUT2D eigenvalue weighted by atomic mass is 10.0. The molecule has 162 valence electrons. The van der Waals surface area contributed by atoms with Gasteiger partial charge in [-0.15, -0.1) is 0 Å². The molecule has 0 aromatic carbocycles. The zero-order valence-corrected chi connectivity index (χ0v) is 18.3. The van der Waals surface area contributed by atoms with Crippen molar-refractivity contribution in [1.29, 1.82) is 0 Å². The SMILES string of the molecule is CCCCCCCCOCCCNC(=NCC(C)(O)c1cnn(C)c1)NCC. The Kier molecular flexibility index (Phi) is 12.6. The average molecular weight is 396 g/mol. The maximum atomic E-state index is 10.6. The summed E-state index contributed by atoms with van der Waals surface area (Å²) in [5.74, 6) is 0.711. The summed E-state index contributed by atoms with van der Waals surface area (Å²) in [6.45, 7) is 9.47. The second-order valence-electron chi connectivity index (χ2n) is 7.53. The number of hydrogen-bond acceptors (Lipinski definition) is 4. The summed E-state index contributed by atoms with van der Waals surface area (Å²) in [6.07, 6.45) is 12.2. The van der Waals surface area contributed by atoms with Crippen molar-refractivity contribution in [3.05, 3.63) is 18.0 Å². The van der Waals surface area contributed by atoms with Gasteiger partial charge in [-0.2, -0.15) is 5.10 Å². The summed E-state index contributed by atoms with van der Waals surface area (Å²) in [6, 6.07) is 0. The van der Waals surface area contributed by atoms with E-state index >= 15 is 0 Å². The summed E-state index contributed by atoms with van der Waals surface area (Å²) in [7, 11) is 1.84. The van der Waals surface area contributed by atoms with Crippen LogP contribution in [0.4, 0.5) is 0 Å². The number of aliphatic imine (C=N–C) groups is 1. The van der Waals surface area contributed by atoms with Crippen LogP contribution in [0.5, 0.6) is 0 Å². The van der Waals surface area contributed by atoms with Crippen LogP contribution in [0.3, 0.4) is 0 Å². The van der Waals surface area contributed by atoms with Gasteiger partial charge >= 0.3 is 0 Å². The highest BCUT2D eigenvalue weighted by atomic mass is 16.5. The first-order valence-electron chi connectivity index (χ1n) is 10.8. The van der Waals surface area contributed by atoms with E-state index in [2.05, 4.69) is 27.6 Å². The fraction of sp³-hybridized carbons (Fsp3) is 0.810. The number of unbranched alkanes of at least 4 members (excludes halogenated alkanes) is 5. The van der Waals surface area contributed by atoms with Crippen LogP contribution in [0, 0.1) is 0 Å². The Labute approximate surface area is 171 Å². The first-order valence-corrected chi connectivity index (χ1v) is 10.8. The van der Waals surface area contributed by atoms with Crippen molar-refractivity contribution in [2.75, 3.05) is 32.8 Å². The number of guanidine groups is 1. The Morgan fingerprint density at radius 3 is 2.54 bits per heavy atom. The van der Waals surface area contributed by atoms with E-state index in [0.717, 1.165) is 44.7 Å². The van der Waals surface area contributed by atoms with Crippen molar-refractivity contribution in [3.63, 3.8) is 0 Å². The molecule has 1 aromatic heterocycles. The predicted molar refractivity (Wildman–Crippen MR) is 116 cm³/mol. The molecule has 0 radical (unpaired) electrons. The van der Waals surface area contributed by atoms with Gasteiger partial charge in [0, 0.05) is 45.1 Å². The minimum atomic E-state index is -1.04. The average Bonchev–Trinajstić information content (AvgIpc) is 3.11. The lowest BCUT2D eigenvalue weighted by Gasteiger charge is -2.20. The van der Waals surface area contributed by atoms with Gasteiger partial charge in [0.25, 0.3) is 0 Å². The van der Waals surface area contributed by atoms with Crippen molar-refractivity contribution < 1.29 is 9.84 Å². The molecular weight excluding hydrogens is 354 g/mol. The molecule has 0 saturated carbocycles. The standard InChI is InChI=1S/C21H41N5O2/c1-5-7-8-9-10-11-14-28-15-12-13-23-20(22-6-2)24-18-21(3,27)19-16-25-26(4)17-19/h16-17,27H,5-15,18H2,1-4H3,(H2,22,23,24). The molecule has 0 amide bonds. The normalized spacial score (nSPS) is 14.1. The third-order valence-corrected chi connectivity index (χ3v) is 4.62. The smallest absolute Gasteiger partial charge is 0.191 e. The van der Waals surface area contributed by atoms with E-state index in [1.165, 1.54) is 32.1 Å². The monoisotopic (exact) mass is 395 g/mol. The summed E-state index contributed by atoms with van der Waals surface area (Å²) in [5.41, 5.74) is -0.283. The van der Waals surface area contributed by atoms with Gasteiger partial charge in [-0.1, -0.05) is 39.0 Å². The Morgan fingerprint density at radius 1 is 1.14 bits per heavy atom. The highest BCUT2D eigenvalue weighted by Gasteiger charge is 2.24. The number of aliphatic hydroxyl groups is 1. The maximum Gasteiger partial charge on any atom is 0.191 e. The summed E-state index contributed by atoms with van der Waals surface area (Å²) in [4.78, 5) is 4.52. The first kappa shape index (κ1) is 24.4. The predicted octanol–water partition coefficient (Wildman–Crippen LogP) is 2.95. The molecule has 1 unspecified atom stereocenters. The number of nitrogens with zero attached hydrogens (tertiary/aromatic N) is 3. The molecule has 7 nitrogen and oxygen atoms in total. The highest BCUT2D eigenvalue weighted by molar-refractivity contribution is 5.79. The van der Waals surface area contributed by atoms with Crippen molar-refractivity contribution in [1.82, 2.24) is 20.4 Å². The molecule has 1 rings (SSSR count). The van der Waals surface area contributed by atoms with Gasteiger partial charge in [-0.05, 0) is 26.7 Å². The zero-order valence-electron chi connectivity index (χ0n) is 18.3. The molecule has 0 saturated heterocycles. The van der Waals surface area contributed by atoms with Crippen LogP contribution in [-0.2, 0) is 17.4 Å². The second-order valence-corrected chi connectivity index (χ2v) is 7.53. The van der Waals surface area contributed by atoms with Crippen molar-refractivity contribution in [2.24, 2.45) is 12.0 Å². The quantitative estimate of drug-likeness (QED) is 0.242. The summed E-state index contributed by atoms with van der Waals surface area (Å²) in [5, 5.41) is 21.3. The fourth-order valence-electron chi connectivity index (χ4n) is 2.83. The third kappa shape index (κ3) is 10.7. The van der Waals surface area contributed by atoms with E-state index in [1.54, 1.807) is 17.8 Å². The largest absolute Gasteiger partial charge is 0.383 e. The van der Waals surface area contributed by atoms with E-state index < -0.39 is 5.60 Å². The lowest BCUT2D eigenvalue weighted by molar-refractivity contribution is 0.0671. The molecule has 0 fully saturated rings. The van der Waals surface area contributed by atoms with Crippen LogP contribution in [0.25, 0.3) is 0 Å². The molecule has 0 spiro atoms. The number of nitrogens with one attached hydrogen (secondary N) is 2. The van der Waals surface area contributed by atoms with Crippen LogP contribution in [0.1, 0.15) is 71.3 Å². The van der Waals surface area contributed by atoms with Crippen molar-refractivity contribution >= 4 is 5.96 Å². The van der Waals surface area contributed by atoms with Gasteiger partial charge in [0.05, 0.1) is 12.7 Å². The summed E-state index contributed by atoms with van der Waals surface area (Å²) >= 11 is 0. The molecule has 1 aromatic rings. The molecule has 7 heteroatoms. The first-order chi connectivity index (χ1) is 13.5. The van der Waals surface area contributed by atoms with E-state index in [0.29, 0.717) is 5.96 Å². The van der Waals surface area contributed by atoms with Crippen LogP contribution in [0.2, 0.25) is 0 Å². The minimum absolute atomic E-state index is 0.266. The van der Waals surface area contributed by atoms with E-state index in [4.69, 9.17) is 4.74 Å². The lowest BCUT2D eigenvalue weighted by Crippen LogP contribution is -2.39. The second kappa shape index (κ2) is 14.4. The molecule has 0 bridgehead atoms. The molecule has 0 aliphatic heterocycles. The molecular formula is C21H41N5O2. The van der Waals surface area contributed by atoms with Gasteiger partial charge in [-0.3, -0.25) is 4.68 Å². The molecule has 1 atom stereocenters. The number of rotatable bonds is 15. The summed E-state index contributed by atoms with van der Waals surface area (Å²) < 4.78 is 7.39. The maximum absolute atomic E-state index is 10.6. The van der Waals surface area contributed by atoms with E-state index in [-0.39, 0.29) is 6.54 Å². The van der Waals surface area contributed by atoms with Gasteiger partial charge in [-0.25, -0.2) is 4.99 Å². The van der Waals surface area contributed by atoms with Crippen LogP contribution in [0.15, 0.2) is 17.4 Å². The van der Waals surface area contributed by atoms with Crippen LogP contribution < -0.4 is 10.6 Å². The Balaban J connectivity index is 2.21. The molecule has 28 heavy (non-hydrogen) atoms. The van der Waals surface area contributed by atoms with Crippen LogP contribution >= 0.6 is 0 Å². The van der Waals surface area contributed by atoms with Crippen LogP contribution in [-0.4, -0.2) is 53.7 Å². The number of hydrogen-bond donors (Lipinski definition) is 3. The number of aromatic nitrogens is 2. The zero-order chi connectivity index (χ0) is 20.7. The third-order valence-electron chi connectivity index (χ3n) is 4.62. The Bertz CT molecular complexity index is 543. The number of aryl methyl sites for hydroxylation is 1. The van der Waals surface area contributed by atoms with E-state index in [1.807, 2.05) is 20.2 Å². The Morgan fingerprint density at radius 2 is 1.86 bits per heavy atom. The molecule has 1 heterocycles. The van der Waals surface area contributed by atoms with Gasteiger partial charge in [0.1, 0.15) is 5.60 Å². The minimum Gasteiger partial charge on any atom is -0.383 e. The molecule has 0 aliphatic rings. The van der Waals surface area contributed by atoms with E-state index in [9.17, 15) is 5.11 Å². The van der Waals surface area contributed by atoms with Gasteiger partial charge < -0.3 is 20.5 Å². The van der Waals surface area contributed by atoms with Gasteiger partial charge in [0.2, 0.25) is 0 Å². The fourth-order valence-corrected chi connectivity index (χ4v) is 2.83.